The highest BCUT2D eigenvalue weighted by atomic mass is 16.1. The average molecular weight is 323 g/mol. The van der Waals surface area contributed by atoms with Gasteiger partial charge < -0.3 is 5.32 Å². The van der Waals surface area contributed by atoms with Crippen molar-refractivity contribution in [2.75, 3.05) is 0 Å². The fourth-order valence-corrected chi connectivity index (χ4v) is 3.00. The zero-order valence-corrected chi connectivity index (χ0v) is 14.7. The maximum absolute atomic E-state index is 12.0. The lowest BCUT2D eigenvalue weighted by molar-refractivity contribution is -0.121. The number of carbonyl (C=O) groups excluding carboxylic acids is 1. The molecular weight excluding hydrogens is 294 g/mol. The lowest BCUT2D eigenvalue weighted by atomic mass is 9.99. The number of benzene rings is 2. The van der Waals surface area contributed by atoms with Gasteiger partial charge in [-0.2, -0.15) is 0 Å². The number of amides is 1. The second kappa shape index (κ2) is 10.6. The summed E-state index contributed by atoms with van der Waals surface area (Å²) in [7, 11) is 0. The molecule has 24 heavy (non-hydrogen) atoms. The Morgan fingerprint density at radius 2 is 1.58 bits per heavy atom. The Labute approximate surface area is 146 Å². The van der Waals surface area contributed by atoms with Gasteiger partial charge >= 0.3 is 0 Å². The molecule has 2 nitrogen and oxygen atoms in total. The van der Waals surface area contributed by atoms with E-state index in [1.807, 2.05) is 25.1 Å². The van der Waals surface area contributed by atoms with Gasteiger partial charge in [0.15, 0.2) is 0 Å². The topological polar surface area (TPSA) is 29.1 Å². The third-order valence-electron chi connectivity index (χ3n) is 4.32. The Morgan fingerprint density at radius 3 is 2.25 bits per heavy atom. The zero-order chi connectivity index (χ0) is 17.0. The number of hydrogen-bond donors (Lipinski definition) is 1. The summed E-state index contributed by atoms with van der Waals surface area (Å²) in [5.74, 6) is 0.163. The predicted molar refractivity (Wildman–Crippen MR) is 101 cm³/mol. The summed E-state index contributed by atoms with van der Waals surface area (Å²) in [6.45, 7) is 2.04. The number of unbranched alkanes of at least 4 members (excludes halogenated alkanes) is 2. The molecule has 1 N–H and O–H groups in total. The predicted octanol–water partition coefficient (Wildman–Crippen LogP) is 5.45. The molecule has 0 fully saturated rings. The minimum atomic E-state index is 0.141. The van der Waals surface area contributed by atoms with Crippen molar-refractivity contribution in [2.45, 2.75) is 57.9 Å². The van der Waals surface area contributed by atoms with Crippen LogP contribution in [0.15, 0.2) is 60.7 Å². The lowest BCUT2D eigenvalue weighted by Crippen LogP contribution is -2.28. The standard InChI is InChI=1S/C22H29NO/c1-2-12-22(24)23-21(20-16-9-5-10-17-20)18-11-4-8-15-19-13-6-3-7-14-19/h3,5-7,9-10,13-14,16-17,21H,2,4,8,11-12,15,18H2,1H3,(H,23,24). The van der Waals surface area contributed by atoms with Gasteiger partial charge in [0.1, 0.15) is 0 Å². The van der Waals surface area contributed by atoms with E-state index in [4.69, 9.17) is 0 Å². The van der Waals surface area contributed by atoms with E-state index in [0.29, 0.717) is 6.42 Å². The van der Waals surface area contributed by atoms with Crippen molar-refractivity contribution in [1.29, 1.82) is 0 Å². The van der Waals surface area contributed by atoms with E-state index in [2.05, 4.69) is 47.8 Å². The summed E-state index contributed by atoms with van der Waals surface area (Å²) in [6, 6.07) is 21.1. The normalized spacial score (nSPS) is 11.9. The highest BCUT2D eigenvalue weighted by molar-refractivity contribution is 5.76. The number of carbonyl (C=O) groups is 1. The largest absolute Gasteiger partial charge is 0.349 e. The van der Waals surface area contributed by atoms with Crippen LogP contribution < -0.4 is 5.32 Å². The molecule has 0 bridgehead atoms. The summed E-state index contributed by atoms with van der Waals surface area (Å²) in [5, 5.41) is 3.20. The van der Waals surface area contributed by atoms with Gasteiger partial charge in [0.05, 0.1) is 6.04 Å². The SMILES string of the molecule is CCCC(=O)NC(CCCCCc1ccccc1)c1ccccc1. The summed E-state index contributed by atoms with van der Waals surface area (Å²) in [5.41, 5.74) is 2.62. The third-order valence-corrected chi connectivity index (χ3v) is 4.32. The molecule has 2 rings (SSSR count). The van der Waals surface area contributed by atoms with E-state index in [-0.39, 0.29) is 11.9 Å². The van der Waals surface area contributed by atoms with Crippen LogP contribution >= 0.6 is 0 Å². The molecule has 0 spiro atoms. The van der Waals surface area contributed by atoms with Crippen LogP contribution in [0, 0.1) is 0 Å². The molecule has 2 heteroatoms. The number of nitrogens with one attached hydrogen (secondary N) is 1. The average Bonchev–Trinajstić information content (AvgIpc) is 2.62. The molecule has 0 radical (unpaired) electrons. The van der Waals surface area contributed by atoms with Gasteiger partial charge in [-0.15, -0.1) is 0 Å². The van der Waals surface area contributed by atoms with Crippen LogP contribution in [0.25, 0.3) is 0 Å². The Morgan fingerprint density at radius 1 is 0.917 bits per heavy atom. The number of hydrogen-bond acceptors (Lipinski definition) is 1. The second-order valence-electron chi connectivity index (χ2n) is 6.37. The van der Waals surface area contributed by atoms with Crippen molar-refractivity contribution in [3.05, 3.63) is 71.8 Å². The molecule has 1 unspecified atom stereocenters. The summed E-state index contributed by atoms with van der Waals surface area (Å²) in [4.78, 5) is 12.0. The molecule has 0 saturated carbocycles. The van der Waals surface area contributed by atoms with Crippen molar-refractivity contribution in [1.82, 2.24) is 5.32 Å². The molecule has 2 aromatic rings. The highest BCUT2D eigenvalue weighted by Gasteiger charge is 2.13. The van der Waals surface area contributed by atoms with Crippen molar-refractivity contribution in [2.24, 2.45) is 0 Å². The van der Waals surface area contributed by atoms with Crippen LogP contribution in [-0.2, 0) is 11.2 Å². The molecule has 128 valence electrons. The molecule has 0 aliphatic heterocycles. The first kappa shape index (κ1) is 18.3. The number of aryl methyl sites for hydroxylation is 1. The Balaban J connectivity index is 1.79. The smallest absolute Gasteiger partial charge is 0.220 e. The molecule has 2 aromatic carbocycles. The van der Waals surface area contributed by atoms with E-state index < -0.39 is 0 Å². The van der Waals surface area contributed by atoms with E-state index in [9.17, 15) is 4.79 Å². The third kappa shape index (κ3) is 6.57. The van der Waals surface area contributed by atoms with Gasteiger partial charge in [0.2, 0.25) is 5.91 Å². The summed E-state index contributed by atoms with van der Waals surface area (Å²) in [6.07, 6.45) is 7.18. The maximum Gasteiger partial charge on any atom is 0.220 e. The molecule has 0 aliphatic carbocycles. The number of rotatable bonds is 10. The molecule has 1 atom stereocenters. The maximum atomic E-state index is 12.0. The van der Waals surface area contributed by atoms with Crippen LogP contribution in [0.2, 0.25) is 0 Å². The molecule has 0 saturated heterocycles. The van der Waals surface area contributed by atoms with Crippen LogP contribution in [-0.4, -0.2) is 5.91 Å². The molecule has 0 heterocycles. The van der Waals surface area contributed by atoms with Gasteiger partial charge in [-0.3, -0.25) is 4.79 Å². The molecular formula is C22H29NO. The second-order valence-corrected chi connectivity index (χ2v) is 6.37. The fourth-order valence-electron chi connectivity index (χ4n) is 3.00. The monoisotopic (exact) mass is 323 g/mol. The van der Waals surface area contributed by atoms with E-state index in [1.54, 1.807) is 0 Å². The van der Waals surface area contributed by atoms with E-state index >= 15 is 0 Å². The highest BCUT2D eigenvalue weighted by Crippen LogP contribution is 2.20. The van der Waals surface area contributed by atoms with Crippen LogP contribution in [0.1, 0.15) is 62.6 Å². The minimum Gasteiger partial charge on any atom is -0.349 e. The quantitative estimate of drug-likeness (QED) is 0.579. The van der Waals surface area contributed by atoms with Gasteiger partial charge in [0.25, 0.3) is 0 Å². The van der Waals surface area contributed by atoms with Crippen LogP contribution in [0.5, 0.6) is 0 Å². The van der Waals surface area contributed by atoms with Gasteiger partial charge in [-0.05, 0) is 36.8 Å². The zero-order valence-electron chi connectivity index (χ0n) is 14.7. The van der Waals surface area contributed by atoms with Crippen LogP contribution in [0.3, 0.4) is 0 Å². The minimum absolute atomic E-state index is 0.141. The van der Waals surface area contributed by atoms with Crippen molar-refractivity contribution < 1.29 is 4.79 Å². The first-order chi connectivity index (χ1) is 11.8. The Hall–Kier alpha value is -2.09. The first-order valence-electron chi connectivity index (χ1n) is 9.18. The Kier molecular flexibility index (Phi) is 8.09. The summed E-state index contributed by atoms with van der Waals surface area (Å²) < 4.78 is 0. The van der Waals surface area contributed by atoms with Crippen molar-refractivity contribution in [3.8, 4) is 0 Å². The lowest BCUT2D eigenvalue weighted by Gasteiger charge is -2.19. The molecule has 0 aliphatic rings. The van der Waals surface area contributed by atoms with Gasteiger partial charge in [0, 0.05) is 6.42 Å². The van der Waals surface area contributed by atoms with Crippen LogP contribution in [0.4, 0.5) is 0 Å². The van der Waals surface area contributed by atoms with Gasteiger partial charge in [-0.25, -0.2) is 0 Å². The Bertz CT molecular complexity index is 579. The summed E-state index contributed by atoms with van der Waals surface area (Å²) >= 11 is 0. The van der Waals surface area contributed by atoms with E-state index in [1.165, 1.54) is 24.0 Å². The van der Waals surface area contributed by atoms with Crippen molar-refractivity contribution in [3.63, 3.8) is 0 Å². The van der Waals surface area contributed by atoms with E-state index in [0.717, 1.165) is 25.7 Å². The molecule has 0 aromatic heterocycles. The first-order valence-corrected chi connectivity index (χ1v) is 9.18. The van der Waals surface area contributed by atoms with Crippen molar-refractivity contribution >= 4 is 5.91 Å². The van der Waals surface area contributed by atoms with Gasteiger partial charge in [-0.1, -0.05) is 80.4 Å². The molecule has 1 amide bonds. The fraction of sp³-hybridized carbons (Fsp3) is 0.409.